The van der Waals surface area contributed by atoms with Crippen LogP contribution in [-0.4, -0.2) is 53.3 Å². The Labute approximate surface area is 173 Å². The molecule has 0 spiro atoms. The number of aliphatic hydroxyl groups excluding tert-OH is 2. The van der Waals surface area contributed by atoms with Crippen molar-refractivity contribution in [3.8, 4) is 11.5 Å². The zero-order valence-corrected chi connectivity index (χ0v) is 17.4. The van der Waals surface area contributed by atoms with E-state index in [-0.39, 0.29) is 24.5 Å². The third kappa shape index (κ3) is 8.41. The molecule has 160 valence electrons. The van der Waals surface area contributed by atoms with Gasteiger partial charge < -0.3 is 30.1 Å². The minimum Gasteiger partial charge on any atom is -0.508 e. The Morgan fingerprint density at radius 2 is 1.59 bits per heavy atom. The number of benzene rings is 2. The number of phenols is 1. The molecule has 0 aliphatic rings. The first-order chi connectivity index (χ1) is 13.8. The maximum absolute atomic E-state index is 10.4. The first-order valence-corrected chi connectivity index (χ1v) is 10.1. The van der Waals surface area contributed by atoms with E-state index in [9.17, 15) is 15.3 Å². The molecule has 0 heterocycles. The van der Waals surface area contributed by atoms with Gasteiger partial charge in [0.15, 0.2) is 0 Å². The highest BCUT2D eigenvalue weighted by molar-refractivity contribution is 5.28. The van der Waals surface area contributed by atoms with Gasteiger partial charge in [-0.25, -0.2) is 0 Å². The molecule has 0 saturated heterocycles. The molecule has 0 radical (unpaired) electrons. The Bertz CT molecular complexity index is 702. The van der Waals surface area contributed by atoms with Gasteiger partial charge in [-0.1, -0.05) is 24.3 Å². The highest BCUT2D eigenvalue weighted by Crippen LogP contribution is 2.19. The van der Waals surface area contributed by atoms with E-state index >= 15 is 0 Å². The second-order valence-corrected chi connectivity index (χ2v) is 7.51. The van der Waals surface area contributed by atoms with Crippen molar-refractivity contribution in [2.75, 3.05) is 19.8 Å². The summed E-state index contributed by atoms with van der Waals surface area (Å²) in [5.41, 5.74) is 1.88. The van der Waals surface area contributed by atoms with E-state index in [0.29, 0.717) is 24.5 Å². The van der Waals surface area contributed by atoms with Crippen molar-refractivity contribution < 1.29 is 24.8 Å². The summed E-state index contributed by atoms with van der Waals surface area (Å²) in [5, 5.41) is 33.0. The normalized spacial score (nSPS) is 14.6. The Kier molecular flexibility index (Phi) is 9.41. The summed E-state index contributed by atoms with van der Waals surface area (Å²) in [6.07, 6.45) is -0.358. The van der Waals surface area contributed by atoms with Crippen LogP contribution in [0.25, 0.3) is 0 Å². The van der Waals surface area contributed by atoms with Crippen LogP contribution in [0, 0.1) is 0 Å². The third-order valence-electron chi connectivity index (χ3n) is 4.59. The van der Waals surface area contributed by atoms with Crippen molar-refractivity contribution >= 4 is 0 Å². The zero-order chi connectivity index (χ0) is 21.2. The molecule has 6 heteroatoms. The van der Waals surface area contributed by atoms with Crippen molar-refractivity contribution in [1.82, 2.24) is 5.32 Å². The minimum absolute atomic E-state index is 0.158. The maximum atomic E-state index is 10.4. The van der Waals surface area contributed by atoms with Crippen LogP contribution in [0.4, 0.5) is 0 Å². The minimum atomic E-state index is -0.740. The fourth-order valence-corrected chi connectivity index (χ4v) is 2.81. The molecule has 4 N–H and O–H groups in total. The molecular formula is C23H33NO5. The largest absolute Gasteiger partial charge is 0.508 e. The lowest BCUT2D eigenvalue weighted by atomic mass is 10.0. The van der Waals surface area contributed by atoms with E-state index in [4.69, 9.17) is 9.47 Å². The predicted molar refractivity (Wildman–Crippen MR) is 113 cm³/mol. The second kappa shape index (κ2) is 11.8. The Morgan fingerprint density at radius 1 is 0.931 bits per heavy atom. The highest BCUT2D eigenvalue weighted by atomic mass is 16.5. The van der Waals surface area contributed by atoms with E-state index in [1.165, 1.54) is 17.7 Å². The molecule has 0 bridgehead atoms. The second-order valence-electron chi connectivity index (χ2n) is 7.51. The van der Waals surface area contributed by atoms with Crippen LogP contribution in [0.2, 0.25) is 0 Å². The van der Waals surface area contributed by atoms with Crippen LogP contribution in [0.5, 0.6) is 11.5 Å². The molecule has 6 nitrogen and oxygen atoms in total. The molecule has 0 fully saturated rings. The number of phenolic OH excluding ortho intramolecular Hbond substituents is 1. The van der Waals surface area contributed by atoms with Gasteiger partial charge in [0.2, 0.25) is 0 Å². The predicted octanol–water partition coefficient (Wildman–Crippen LogP) is 2.81. The molecule has 0 aliphatic carbocycles. The standard InChI is InChI=1S/C23H33NO5/c1-16(2)28-13-12-18-4-10-22(11-5-18)29-15-21(26)14-24-17(3)23(27)19-6-8-20(25)9-7-19/h4-11,16-17,21,23-27H,12-15H2,1-3H3. The topological polar surface area (TPSA) is 91.2 Å². The van der Waals surface area contributed by atoms with Crippen LogP contribution in [0.3, 0.4) is 0 Å². The summed E-state index contributed by atoms with van der Waals surface area (Å²) >= 11 is 0. The molecule has 0 saturated carbocycles. The van der Waals surface area contributed by atoms with E-state index in [1.807, 2.05) is 45.0 Å². The Morgan fingerprint density at radius 3 is 2.21 bits per heavy atom. The summed E-state index contributed by atoms with van der Waals surface area (Å²) in [5.74, 6) is 0.862. The number of rotatable bonds is 12. The number of hydrogen-bond donors (Lipinski definition) is 4. The first kappa shape index (κ1) is 23.2. The lowest BCUT2D eigenvalue weighted by molar-refractivity contribution is 0.0813. The molecule has 29 heavy (non-hydrogen) atoms. The average molecular weight is 404 g/mol. The maximum Gasteiger partial charge on any atom is 0.119 e. The van der Waals surface area contributed by atoms with Gasteiger partial charge >= 0.3 is 0 Å². The van der Waals surface area contributed by atoms with Crippen molar-refractivity contribution in [1.29, 1.82) is 0 Å². The fourth-order valence-electron chi connectivity index (χ4n) is 2.81. The smallest absolute Gasteiger partial charge is 0.119 e. The van der Waals surface area contributed by atoms with Crippen LogP contribution < -0.4 is 10.1 Å². The quantitative estimate of drug-likeness (QED) is 0.436. The van der Waals surface area contributed by atoms with Gasteiger partial charge in [-0.05, 0) is 62.6 Å². The summed E-state index contributed by atoms with van der Waals surface area (Å²) in [4.78, 5) is 0. The van der Waals surface area contributed by atoms with Crippen molar-refractivity contribution in [3.05, 3.63) is 59.7 Å². The molecule has 0 amide bonds. The summed E-state index contributed by atoms with van der Waals surface area (Å²) in [6.45, 7) is 7.02. The van der Waals surface area contributed by atoms with Crippen molar-refractivity contribution in [2.45, 2.75) is 51.5 Å². The SMILES string of the molecule is CC(C)OCCc1ccc(OCC(O)CNC(C)C(O)c2ccc(O)cc2)cc1. The van der Waals surface area contributed by atoms with E-state index in [0.717, 1.165) is 6.42 Å². The number of aliphatic hydroxyl groups is 2. The van der Waals surface area contributed by atoms with E-state index < -0.39 is 12.2 Å². The zero-order valence-electron chi connectivity index (χ0n) is 17.4. The highest BCUT2D eigenvalue weighted by Gasteiger charge is 2.17. The number of ether oxygens (including phenoxy) is 2. The van der Waals surface area contributed by atoms with Crippen LogP contribution in [0.1, 0.15) is 38.0 Å². The van der Waals surface area contributed by atoms with E-state index in [2.05, 4.69) is 5.32 Å². The summed E-state index contributed by atoms with van der Waals surface area (Å²) in [7, 11) is 0. The van der Waals surface area contributed by atoms with Gasteiger partial charge in [0, 0.05) is 12.6 Å². The number of hydrogen-bond acceptors (Lipinski definition) is 6. The van der Waals surface area contributed by atoms with Gasteiger partial charge in [0.1, 0.15) is 24.2 Å². The molecule has 2 rings (SSSR count). The molecular weight excluding hydrogens is 370 g/mol. The Balaban J connectivity index is 1.69. The molecule has 2 aromatic carbocycles. The van der Waals surface area contributed by atoms with Gasteiger partial charge in [-0.15, -0.1) is 0 Å². The van der Waals surface area contributed by atoms with Crippen LogP contribution >= 0.6 is 0 Å². The molecule has 0 aliphatic heterocycles. The first-order valence-electron chi connectivity index (χ1n) is 10.1. The molecule has 2 aromatic rings. The monoisotopic (exact) mass is 403 g/mol. The summed E-state index contributed by atoms with van der Waals surface area (Å²) in [6, 6.07) is 13.9. The van der Waals surface area contributed by atoms with Gasteiger partial charge in [-0.3, -0.25) is 0 Å². The van der Waals surface area contributed by atoms with Crippen LogP contribution in [-0.2, 0) is 11.2 Å². The van der Waals surface area contributed by atoms with Gasteiger partial charge in [0.25, 0.3) is 0 Å². The van der Waals surface area contributed by atoms with Gasteiger partial charge in [-0.2, -0.15) is 0 Å². The lowest BCUT2D eigenvalue weighted by Gasteiger charge is -2.22. The average Bonchev–Trinajstić information content (AvgIpc) is 2.71. The fraction of sp³-hybridized carbons (Fsp3) is 0.478. The lowest BCUT2D eigenvalue weighted by Crippen LogP contribution is -2.39. The van der Waals surface area contributed by atoms with Gasteiger partial charge in [0.05, 0.1) is 18.8 Å². The number of nitrogens with one attached hydrogen (secondary N) is 1. The van der Waals surface area contributed by atoms with Crippen molar-refractivity contribution in [3.63, 3.8) is 0 Å². The number of aromatic hydroxyl groups is 1. The van der Waals surface area contributed by atoms with E-state index in [1.54, 1.807) is 12.1 Å². The molecule has 3 unspecified atom stereocenters. The molecule has 3 atom stereocenters. The van der Waals surface area contributed by atoms with Crippen LogP contribution in [0.15, 0.2) is 48.5 Å². The molecule has 0 aromatic heterocycles. The van der Waals surface area contributed by atoms with Crippen molar-refractivity contribution in [2.24, 2.45) is 0 Å². The summed E-state index contributed by atoms with van der Waals surface area (Å²) < 4.78 is 11.2. The Hall–Kier alpha value is -2.12. The third-order valence-corrected chi connectivity index (χ3v) is 4.59.